The lowest BCUT2D eigenvalue weighted by atomic mass is 10.0. The Hall–Kier alpha value is -3.18. The molecule has 0 radical (unpaired) electrons. The van der Waals surface area contributed by atoms with Crippen molar-refractivity contribution in [2.24, 2.45) is 0 Å². The maximum atomic E-state index is 13.1. The van der Waals surface area contributed by atoms with E-state index in [9.17, 15) is 9.90 Å². The minimum absolute atomic E-state index is 0.0407. The zero-order valence-corrected chi connectivity index (χ0v) is 16.7. The smallest absolute Gasteiger partial charge is 0.256 e. The summed E-state index contributed by atoms with van der Waals surface area (Å²) in [6, 6.07) is 22.3. The first-order chi connectivity index (χ1) is 13.5. The second-order valence-corrected chi connectivity index (χ2v) is 7.47. The summed E-state index contributed by atoms with van der Waals surface area (Å²) in [7, 11) is 0. The van der Waals surface area contributed by atoms with Crippen LogP contribution in [0.25, 0.3) is 22.2 Å². The monoisotopic (exact) mass is 432 g/mol. The van der Waals surface area contributed by atoms with E-state index in [4.69, 9.17) is 4.98 Å². The van der Waals surface area contributed by atoms with Crippen molar-refractivity contribution in [2.45, 2.75) is 6.92 Å². The van der Waals surface area contributed by atoms with Crippen LogP contribution in [0.4, 0.5) is 5.69 Å². The molecule has 5 heteroatoms. The van der Waals surface area contributed by atoms with Crippen LogP contribution in [0.1, 0.15) is 15.9 Å². The van der Waals surface area contributed by atoms with Crippen molar-refractivity contribution < 1.29 is 9.90 Å². The van der Waals surface area contributed by atoms with E-state index in [1.165, 1.54) is 0 Å². The lowest BCUT2D eigenvalue weighted by Crippen LogP contribution is -2.13. The molecule has 28 heavy (non-hydrogen) atoms. The lowest BCUT2D eigenvalue weighted by molar-refractivity contribution is 0.102. The number of phenols is 1. The van der Waals surface area contributed by atoms with Crippen LogP contribution < -0.4 is 5.32 Å². The Balaban J connectivity index is 1.81. The predicted octanol–water partition coefficient (Wildman–Crippen LogP) is 5.93. The number of phenolic OH excluding ortho intramolecular Hbond substituents is 1. The molecule has 0 saturated heterocycles. The van der Waals surface area contributed by atoms with Crippen molar-refractivity contribution in [3.63, 3.8) is 0 Å². The summed E-state index contributed by atoms with van der Waals surface area (Å²) >= 11 is 3.48. The highest BCUT2D eigenvalue weighted by molar-refractivity contribution is 9.10. The third kappa shape index (κ3) is 3.62. The van der Waals surface area contributed by atoms with Gasteiger partial charge in [0.15, 0.2) is 0 Å². The molecular formula is C23H17BrN2O2. The first-order valence-electron chi connectivity index (χ1n) is 8.78. The Morgan fingerprint density at radius 3 is 2.61 bits per heavy atom. The molecule has 0 aliphatic rings. The van der Waals surface area contributed by atoms with E-state index >= 15 is 0 Å². The van der Waals surface area contributed by atoms with Gasteiger partial charge in [-0.3, -0.25) is 4.79 Å². The number of halogens is 1. The number of carbonyl (C=O) groups is 1. The molecule has 0 spiro atoms. The van der Waals surface area contributed by atoms with Crippen molar-refractivity contribution in [1.29, 1.82) is 0 Å². The number of rotatable bonds is 3. The van der Waals surface area contributed by atoms with Crippen LogP contribution in [0.5, 0.6) is 5.75 Å². The number of aromatic hydroxyl groups is 1. The van der Waals surface area contributed by atoms with Crippen LogP contribution in [0.2, 0.25) is 0 Å². The summed E-state index contributed by atoms with van der Waals surface area (Å²) in [6.45, 7) is 1.88. The van der Waals surface area contributed by atoms with Crippen molar-refractivity contribution >= 4 is 38.4 Å². The fourth-order valence-corrected chi connectivity index (χ4v) is 3.50. The summed E-state index contributed by atoms with van der Waals surface area (Å²) in [6.07, 6.45) is 0. The van der Waals surface area contributed by atoms with E-state index < -0.39 is 0 Å². The number of fused-ring (bicyclic) bond motifs is 1. The van der Waals surface area contributed by atoms with Gasteiger partial charge in [0.25, 0.3) is 5.91 Å². The third-order valence-electron chi connectivity index (χ3n) is 4.48. The van der Waals surface area contributed by atoms with Gasteiger partial charge in [-0.1, -0.05) is 52.3 Å². The van der Waals surface area contributed by atoms with Gasteiger partial charge in [0.2, 0.25) is 0 Å². The highest BCUT2D eigenvalue weighted by Crippen LogP contribution is 2.29. The number of anilines is 1. The van der Waals surface area contributed by atoms with E-state index in [0.29, 0.717) is 16.9 Å². The number of benzene rings is 3. The van der Waals surface area contributed by atoms with Gasteiger partial charge in [-0.15, -0.1) is 0 Å². The summed E-state index contributed by atoms with van der Waals surface area (Å²) in [5.74, 6) is -0.257. The van der Waals surface area contributed by atoms with E-state index in [1.54, 1.807) is 18.2 Å². The fraction of sp³-hybridized carbons (Fsp3) is 0.0435. The molecule has 0 atom stereocenters. The van der Waals surface area contributed by atoms with E-state index in [0.717, 1.165) is 26.5 Å². The van der Waals surface area contributed by atoms with Crippen LogP contribution in [0.3, 0.4) is 0 Å². The first-order valence-corrected chi connectivity index (χ1v) is 9.57. The van der Waals surface area contributed by atoms with Crippen LogP contribution >= 0.6 is 15.9 Å². The third-order valence-corrected chi connectivity index (χ3v) is 4.98. The van der Waals surface area contributed by atoms with Gasteiger partial charge in [-0.2, -0.15) is 0 Å². The van der Waals surface area contributed by atoms with Crippen LogP contribution in [0.15, 0.2) is 77.3 Å². The molecular weight excluding hydrogens is 416 g/mol. The maximum absolute atomic E-state index is 13.1. The number of aryl methyl sites for hydroxylation is 1. The lowest BCUT2D eigenvalue weighted by Gasteiger charge is -2.12. The molecule has 0 fully saturated rings. The van der Waals surface area contributed by atoms with Crippen molar-refractivity contribution in [3.05, 3.63) is 88.4 Å². The number of hydrogen-bond donors (Lipinski definition) is 2. The molecule has 0 aliphatic carbocycles. The Morgan fingerprint density at radius 1 is 1.00 bits per heavy atom. The number of amides is 1. The summed E-state index contributed by atoms with van der Waals surface area (Å²) in [5, 5.41) is 13.7. The Labute approximate surface area is 171 Å². The first kappa shape index (κ1) is 18.2. The SMILES string of the molecule is Cc1ccc(NC(=O)c2cc(-c3cccc(Br)c3)nc3ccccc23)c(O)c1. The number of pyridine rings is 1. The molecule has 0 bridgehead atoms. The molecule has 3 aromatic carbocycles. The molecule has 0 aliphatic heterocycles. The fourth-order valence-electron chi connectivity index (χ4n) is 3.10. The molecule has 4 nitrogen and oxygen atoms in total. The minimum atomic E-state index is -0.297. The highest BCUT2D eigenvalue weighted by atomic mass is 79.9. The average molecular weight is 433 g/mol. The second-order valence-electron chi connectivity index (χ2n) is 6.56. The zero-order valence-electron chi connectivity index (χ0n) is 15.1. The zero-order chi connectivity index (χ0) is 19.7. The molecule has 2 N–H and O–H groups in total. The number of nitrogens with zero attached hydrogens (tertiary/aromatic N) is 1. The standard InChI is InChI=1S/C23H17BrN2O2/c1-14-9-10-20(22(27)11-14)26-23(28)18-13-21(15-5-4-6-16(24)12-15)25-19-8-3-2-7-17(18)19/h2-13,27H,1H3,(H,26,28). The van der Waals surface area contributed by atoms with E-state index in [1.807, 2.05) is 61.5 Å². The normalized spacial score (nSPS) is 10.8. The number of nitrogens with one attached hydrogen (secondary N) is 1. The van der Waals surface area contributed by atoms with Gasteiger partial charge in [0.05, 0.1) is 22.5 Å². The van der Waals surface area contributed by atoms with Gasteiger partial charge < -0.3 is 10.4 Å². The van der Waals surface area contributed by atoms with E-state index in [-0.39, 0.29) is 11.7 Å². The molecule has 0 unspecified atom stereocenters. The molecule has 4 rings (SSSR count). The van der Waals surface area contributed by atoms with Crippen molar-refractivity contribution in [3.8, 4) is 17.0 Å². The van der Waals surface area contributed by atoms with E-state index in [2.05, 4.69) is 21.2 Å². The van der Waals surface area contributed by atoms with Gasteiger partial charge in [-0.05, 0) is 48.9 Å². The average Bonchev–Trinajstić information content (AvgIpc) is 2.69. The quantitative estimate of drug-likeness (QED) is 0.394. The van der Waals surface area contributed by atoms with Gasteiger partial charge in [0, 0.05) is 15.4 Å². The largest absolute Gasteiger partial charge is 0.506 e. The molecule has 1 aromatic heterocycles. The van der Waals surface area contributed by atoms with Crippen LogP contribution in [-0.4, -0.2) is 16.0 Å². The maximum Gasteiger partial charge on any atom is 0.256 e. The molecule has 1 amide bonds. The Morgan fingerprint density at radius 2 is 1.82 bits per heavy atom. The van der Waals surface area contributed by atoms with Gasteiger partial charge in [-0.25, -0.2) is 4.98 Å². The topological polar surface area (TPSA) is 62.2 Å². The highest BCUT2D eigenvalue weighted by Gasteiger charge is 2.15. The number of carbonyl (C=O) groups excluding carboxylic acids is 1. The van der Waals surface area contributed by atoms with Crippen molar-refractivity contribution in [1.82, 2.24) is 4.98 Å². The number of aromatic nitrogens is 1. The molecule has 138 valence electrons. The van der Waals surface area contributed by atoms with Crippen molar-refractivity contribution in [2.75, 3.05) is 5.32 Å². The summed E-state index contributed by atoms with van der Waals surface area (Å²) < 4.78 is 0.940. The summed E-state index contributed by atoms with van der Waals surface area (Å²) in [4.78, 5) is 17.8. The van der Waals surface area contributed by atoms with Crippen LogP contribution in [-0.2, 0) is 0 Å². The number of hydrogen-bond acceptors (Lipinski definition) is 3. The number of para-hydroxylation sites is 1. The molecule has 1 heterocycles. The molecule has 0 saturated carbocycles. The Bertz CT molecular complexity index is 1200. The predicted molar refractivity (Wildman–Crippen MR) is 116 cm³/mol. The Kier molecular flexibility index (Phi) is 4.84. The van der Waals surface area contributed by atoms with Gasteiger partial charge >= 0.3 is 0 Å². The van der Waals surface area contributed by atoms with Gasteiger partial charge in [0.1, 0.15) is 5.75 Å². The minimum Gasteiger partial charge on any atom is -0.506 e. The molecule has 4 aromatic rings. The van der Waals surface area contributed by atoms with Crippen LogP contribution in [0, 0.1) is 6.92 Å². The second kappa shape index (κ2) is 7.44. The summed E-state index contributed by atoms with van der Waals surface area (Å²) in [5.41, 5.74) is 4.15.